The van der Waals surface area contributed by atoms with Gasteiger partial charge in [-0.05, 0) is 51.4 Å². The predicted molar refractivity (Wildman–Crippen MR) is 70.1 cm³/mol. The summed E-state index contributed by atoms with van der Waals surface area (Å²) in [5.74, 6) is -0.253. The van der Waals surface area contributed by atoms with E-state index in [0.29, 0.717) is 12.3 Å². The Bertz CT molecular complexity index is 300. The standard InChI is InChI=1S/C14H27NO2/c1-10-7-13(5,6)9-14(8-10,11(16)17)15-12(2,3)4/h10,15H,7-9H2,1-6H3,(H,16,17). The molecule has 3 nitrogen and oxygen atoms in total. The second-order valence-corrected chi connectivity index (χ2v) is 7.62. The van der Waals surface area contributed by atoms with Crippen molar-refractivity contribution in [2.75, 3.05) is 0 Å². The maximum Gasteiger partial charge on any atom is 0.323 e. The Morgan fingerprint density at radius 1 is 1.29 bits per heavy atom. The fraction of sp³-hybridized carbons (Fsp3) is 0.929. The van der Waals surface area contributed by atoms with E-state index in [2.05, 4.69) is 26.1 Å². The van der Waals surface area contributed by atoms with Crippen LogP contribution in [0.15, 0.2) is 0 Å². The van der Waals surface area contributed by atoms with Crippen LogP contribution in [-0.4, -0.2) is 22.2 Å². The molecule has 0 aromatic carbocycles. The molecule has 1 aliphatic rings. The van der Waals surface area contributed by atoms with Crippen molar-refractivity contribution in [3.63, 3.8) is 0 Å². The molecule has 0 aromatic heterocycles. The lowest BCUT2D eigenvalue weighted by Gasteiger charge is -2.48. The fourth-order valence-corrected chi connectivity index (χ4v) is 3.60. The van der Waals surface area contributed by atoms with Crippen molar-refractivity contribution < 1.29 is 9.90 Å². The summed E-state index contributed by atoms with van der Waals surface area (Å²) in [5, 5.41) is 13.0. The third-order valence-corrected chi connectivity index (χ3v) is 3.40. The van der Waals surface area contributed by atoms with Gasteiger partial charge >= 0.3 is 5.97 Å². The quantitative estimate of drug-likeness (QED) is 0.781. The molecule has 1 rings (SSSR count). The van der Waals surface area contributed by atoms with E-state index in [1.54, 1.807) is 0 Å². The normalized spacial score (nSPS) is 33.4. The smallest absolute Gasteiger partial charge is 0.323 e. The van der Waals surface area contributed by atoms with Gasteiger partial charge in [0.1, 0.15) is 5.54 Å². The zero-order valence-corrected chi connectivity index (χ0v) is 12.1. The number of hydrogen-bond donors (Lipinski definition) is 2. The average molecular weight is 241 g/mol. The maximum absolute atomic E-state index is 11.7. The largest absolute Gasteiger partial charge is 0.480 e. The van der Waals surface area contributed by atoms with Crippen molar-refractivity contribution in [1.29, 1.82) is 0 Å². The van der Waals surface area contributed by atoms with E-state index < -0.39 is 11.5 Å². The Morgan fingerprint density at radius 2 is 1.82 bits per heavy atom. The first kappa shape index (κ1) is 14.5. The molecular formula is C14H27NO2. The Morgan fingerprint density at radius 3 is 2.18 bits per heavy atom. The first-order chi connectivity index (χ1) is 7.46. The van der Waals surface area contributed by atoms with Gasteiger partial charge in [-0.2, -0.15) is 0 Å². The second kappa shape index (κ2) is 4.27. The highest BCUT2D eigenvalue weighted by atomic mass is 16.4. The number of carbonyl (C=O) groups is 1. The number of hydrogen-bond acceptors (Lipinski definition) is 2. The molecule has 1 aliphatic carbocycles. The molecule has 0 saturated heterocycles. The van der Waals surface area contributed by atoms with Crippen molar-refractivity contribution in [3.8, 4) is 0 Å². The zero-order valence-electron chi connectivity index (χ0n) is 12.1. The van der Waals surface area contributed by atoms with Gasteiger partial charge in [0.2, 0.25) is 0 Å². The van der Waals surface area contributed by atoms with E-state index in [1.807, 2.05) is 20.8 Å². The lowest BCUT2D eigenvalue weighted by atomic mass is 9.63. The summed E-state index contributed by atoms with van der Waals surface area (Å²) in [6, 6.07) is 0. The van der Waals surface area contributed by atoms with Crippen molar-refractivity contribution in [1.82, 2.24) is 5.32 Å². The second-order valence-electron chi connectivity index (χ2n) is 7.62. The molecular weight excluding hydrogens is 214 g/mol. The maximum atomic E-state index is 11.7. The minimum atomic E-state index is -0.764. The van der Waals surface area contributed by atoms with Gasteiger partial charge in [-0.25, -0.2) is 0 Å². The van der Waals surface area contributed by atoms with Crippen molar-refractivity contribution in [2.45, 2.75) is 71.9 Å². The first-order valence-corrected chi connectivity index (χ1v) is 6.49. The van der Waals surface area contributed by atoms with Gasteiger partial charge in [-0.1, -0.05) is 20.8 Å². The average Bonchev–Trinajstić information content (AvgIpc) is 1.94. The summed E-state index contributed by atoms with van der Waals surface area (Å²) < 4.78 is 0. The summed E-state index contributed by atoms with van der Waals surface area (Å²) in [4.78, 5) is 11.7. The number of rotatable bonds is 2. The van der Waals surface area contributed by atoms with Crippen LogP contribution in [0.5, 0.6) is 0 Å². The molecule has 0 heterocycles. The summed E-state index contributed by atoms with van der Waals surface area (Å²) in [7, 11) is 0. The monoisotopic (exact) mass is 241 g/mol. The minimum Gasteiger partial charge on any atom is -0.480 e. The number of carboxylic acid groups (broad SMARTS) is 1. The highest BCUT2D eigenvalue weighted by Crippen LogP contribution is 2.44. The van der Waals surface area contributed by atoms with Gasteiger partial charge in [0, 0.05) is 5.54 Å². The van der Waals surface area contributed by atoms with E-state index in [0.717, 1.165) is 12.8 Å². The number of carboxylic acids is 1. The van der Waals surface area contributed by atoms with E-state index in [4.69, 9.17) is 0 Å². The molecule has 2 unspecified atom stereocenters. The SMILES string of the molecule is CC1CC(C)(C)CC(NC(C)(C)C)(C(=O)O)C1. The highest BCUT2D eigenvalue weighted by Gasteiger charge is 2.49. The summed E-state index contributed by atoms with van der Waals surface area (Å²) in [6.07, 6.45) is 2.54. The molecule has 3 heteroatoms. The molecule has 0 amide bonds. The summed E-state index contributed by atoms with van der Waals surface area (Å²) >= 11 is 0. The third-order valence-electron chi connectivity index (χ3n) is 3.40. The minimum absolute atomic E-state index is 0.0916. The van der Waals surface area contributed by atoms with Crippen LogP contribution in [0, 0.1) is 11.3 Å². The van der Waals surface area contributed by atoms with Crippen molar-refractivity contribution >= 4 is 5.97 Å². The molecule has 0 aliphatic heterocycles. The molecule has 17 heavy (non-hydrogen) atoms. The molecule has 100 valence electrons. The highest BCUT2D eigenvalue weighted by molar-refractivity contribution is 5.79. The van der Waals surface area contributed by atoms with Crippen molar-refractivity contribution in [2.24, 2.45) is 11.3 Å². The van der Waals surface area contributed by atoms with Gasteiger partial charge in [0.15, 0.2) is 0 Å². The lowest BCUT2D eigenvalue weighted by molar-refractivity contribution is -0.150. The molecule has 1 fully saturated rings. The van der Waals surface area contributed by atoms with E-state index >= 15 is 0 Å². The van der Waals surface area contributed by atoms with Gasteiger partial charge in [-0.15, -0.1) is 0 Å². The van der Waals surface area contributed by atoms with Crippen LogP contribution in [0.2, 0.25) is 0 Å². The van der Waals surface area contributed by atoms with Crippen LogP contribution in [0.25, 0.3) is 0 Å². The molecule has 2 N–H and O–H groups in total. The van der Waals surface area contributed by atoms with Crippen LogP contribution >= 0.6 is 0 Å². The van der Waals surface area contributed by atoms with Gasteiger partial charge in [0.25, 0.3) is 0 Å². The van der Waals surface area contributed by atoms with Crippen LogP contribution in [0.1, 0.15) is 60.8 Å². The van der Waals surface area contributed by atoms with Crippen LogP contribution in [0.4, 0.5) is 0 Å². The molecule has 0 spiro atoms. The van der Waals surface area contributed by atoms with Crippen LogP contribution in [-0.2, 0) is 4.79 Å². The zero-order chi connectivity index (χ0) is 13.5. The van der Waals surface area contributed by atoms with Gasteiger partial charge < -0.3 is 5.11 Å². The third kappa shape index (κ3) is 3.70. The Kier molecular flexibility index (Phi) is 3.64. The van der Waals surface area contributed by atoms with E-state index in [1.165, 1.54) is 0 Å². The van der Waals surface area contributed by atoms with Gasteiger partial charge in [-0.3, -0.25) is 10.1 Å². The van der Waals surface area contributed by atoms with Gasteiger partial charge in [0.05, 0.1) is 0 Å². The van der Waals surface area contributed by atoms with Crippen LogP contribution < -0.4 is 5.32 Å². The topological polar surface area (TPSA) is 49.3 Å². The molecule has 0 bridgehead atoms. The van der Waals surface area contributed by atoms with E-state index in [9.17, 15) is 9.90 Å². The molecule has 1 saturated carbocycles. The Labute approximate surface area is 105 Å². The van der Waals surface area contributed by atoms with E-state index in [-0.39, 0.29) is 11.0 Å². The summed E-state index contributed by atoms with van der Waals surface area (Å²) in [5.41, 5.74) is -0.848. The number of aliphatic carboxylic acids is 1. The lowest BCUT2D eigenvalue weighted by Crippen LogP contribution is -2.63. The molecule has 2 atom stereocenters. The Hall–Kier alpha value is -0.570. The van der Waals surface area contributed by atoms with Crippen molar-refractivity contribution in [3.05, 3.63) is 0 Å². The predicted octanol–water partition coefficient (Wildman–Crippen LogP) is 3.04. The van der Waals surface area contributed by atoms with Crippen LogP contribution in [0.3, 0.4) is 0 Å². The number of nitrogens with one attached hydrogen (secondary N) is 1. The fourth-order valence-electron chi connectivity index (χ4n) is 3.60. The first-order valence-electron chi connectivity index (χ1n) is 6.49. The molecule has 0 radical (unpaired) electrons. The Balaban J connectivity index is 3.03. The summed E-state index contributed by atoms with van der Waals surface area (Å²) in [6.45, 7) is 12.6. The molecule has 0 aromatic rings.